The molecule has 0 amide bonds. The lowest BCUT2D eigenvalue weighted by atomic mass is 10.2. The summed E-state index contributed by atoms with van der Waals surface area (Å²) < 4.78 is 53.4. The number of rotatable bonds is 2. The molecule has 7 heteroatoms. The Balaban J connectivity index is 2.59. The van der Waals surface area contributed by atoms with E-state index >= 15 is 0 Å². The molecule has 0 fully saturated rings. The molecule has 0 spiro atoms. The highest BCUT2D eigenvalue weighted by Crippen LogP contribution is 2.31. The van der Waals surface area contributed by atoms with Crippen molar-refractivity contribution < 1.29 is 17.6 Å². The molecule has 1 heterocycles. The molecule has 0 aliphatic rings. The average Bonchev–Trinajstić information content (AvgIpc) is 2.45. The fraction of sp³-hybridized carbons (Fsp3) is 0.0769. The van der Waals surface area contributed by atoms with Crippen molar-refractivity contribution in [1.82, 2.24) is 4.98 Å². The predicted molar refractivity (Wildman–Crippen MR) is 63.3 cm³/mol. The molecule has 0 bridgehead atoms. The highest BCUT2D eigenvalue weighted by atomic mass is 19.2. The fourth-order valence-electron chi connectivity index (χ4n) is 1.68. The molecule has 0 N–H and O–H groups in total. The smallest absolute Gasteiger partial charge is 0.253 e. The molecule has 102 valence electrons. The highest BCUT2D eigenvalue weighted by molar-refractivity contribution is 5.64. The van der Waals surface area contributed by atoms with Crippen LogP contribution in [-0.4, -0.2) is 12.0 Å². The molecule has 3 nitrogen and oxygen atoms in total. The van der Waals surface area contributed by atoms with Gasteiger partial charge in [0.15, 0.2) is 0 Å². The summed E-state index contributed by atoms with van der Waals surface area (Å²) >= 11 is 0. The first-order valence-electron chi connectivity index (χ1n) is 5.39. The average molecular weight is 281 g/mol. The van der Waals surface area contributed by atoms with Crippen molar-refractivity contribution in [2.45, 2.75) is 0 Å². The van der Waals surface area contributed by atoms with E-state index in [1.165, 1.54) is 31.3 Å². The highest BCUT2D eigenvalue weighted by Gasteiger charge is 2.24. The Morgan fingerprint density at radius 1 is 1.10 bits per heavy atom. The van der Waals surface area contributed by atoms with Crippen molar-refractivity contribution in [3.63, 3.8) is 0 Å². The van der Waals surface area contributed by atoms with Crippen molar-refractivity contribution in [2.24, 2.45) is 0 Å². The van der Waals surface area contributed by atoms with Crippen LogP contribution in [0.1, 0.15) is 5.56 Å². The van der Waals surface area contributed by atoms with Crippen LogP contribution >= 0.6 is 0 Å². The second-order valence-corrected chi connectivity index (χ2v) is 3.89. The van der Waals surface area contributed by atoms with Crippen LogP contribution in [0.4, 0.5) is 28.9 Å². The number of hydrogen-bond acceptors (Lipinski definition) is 3. The van der Waals surface area contributed by atoms with E-state index < -0.39 is 29.2 Å². The van der Waals surface area contributed by atoms with Gasteiger partial charge in [-0.25, -0.2) is 0 Å². The van der Waals surface area contributed by atoms with Crippen molar-refractivity contribution in [3.05, 3.63) is 53.4 Å². The van der Waals surface area contributed by atoms with Crippen LogP contribution in [0.5, 0.6) is 0 Å². The predicted octanol–water partition coefficient (Wildman–Crippen LogP) is 3.28. The number of nitrogens with zero attached hydrogens (tertiary/aromatic N) is 3. The largest absolute Gasteiger partial charge is 0.340 e. The Kier molecular flexibility index (Phi) is 3.57. The second-order valence-electron chi connectivity index (χ2n) is 3.89. The first kappa shape index (κ1) is 13.8. The topological polar surface area (TPSA) is 39.9 Å². The lowest BCUT2D eigenvalue weighted by Gasteiger charge is -2.20. The van der Waals surface area contributed by atoms with Gasteiger partial charge in [-0.05, 0) is 18.2 Å². The van der Waals surface area contributed by atoms with E-state index in [9.17, 15) is 17.6 Å². The lowest BCUT2D eigenvalue weighted by molar-refractivity contribution is 0.409. The Labute approximate surface area is 111 Å². The van der Waals surface area contributed by atoms with E-state index in [-0.39, 0.29) is 11.3 Å². The molecule has 2 rings (SSSR count). The Morgan fingerprint density at radius 3 is 2.25 bits per heavy atom. The summed E-state index contributed by atoms with van der Waals surface area (Å²) in [5.41, 5.74) is -0.470. The van der Waals surface area contributed by atoms with Crippen molar-refractivity contribution in [1.29, 1.82) is 5.26 Å². The maximum Gasteiger partial charge on any atom is 0.253 e. The summed E-state index contributed by atoms with van der Waals surface area (Å²) in [6, 6.07) is 7.58. The monoisotopic (exact) mass is 281 g/mol. The second kappa shape index (κ2) is 5.17. The molecule has 1 aromatic carbocycles. The molecule has 0 unspecified atom stereocenters. The van der Waals surface area contributed by atoms with E-state index in [1.807, 2.05) is 6.07 Å². The molecule has 0 aliphatic heterocycles. The number of aromatic nitrogens is 1. The van der Waals surface area contributed by atoms with Gasteiger partial charge in [-0.3, -0.25) is 0 Å². The van der Waals surface area contributed by atoms with Gasteiger partial charge in [0.1, 0.15) is 5.69 Å². The number of benzene rings is 1. The van der Waals surface area contributed by atoms with Crippen molar-refractivity contribution in [3.8, 4) is 6.07 Å². The summed E-state index contributed by atoms with van der Waals surface area (Å²) in [4.78, 5) is 3.38. The SMILES string of the molecule is CN(c1cccc(C#N)c1)c1c(F)c(F)nc(F)c1F. The minimum absolute atomic E-state index is 0.201. The van der Waals surface area contributed by atoms with Gasteiger partial charge < -0.3 is 4.90 Å². The first-order valence-corrected chi connectivity index (χ1v) is 5.39. The van der Waals surface area contributed by atoms with Crippen molar-refractivity contribution in [2.75, 3.05) is 11.9 Å². The van der Waals surface area contributed by atoms with Gasteiger partial charge in [-0.1, -0.05) is 6.07 Å². The van der Waals surface area contributed by atoms with E-state index in [0.29, 0.717) is 0 Å². The zero-order chi connectivity index (χ0) is 14.9. The number of halogens is 4. The van der Waals surface area contributed by atoms with E-state index in [2.05, 4.69) is 4.98 Å². The molecule has 0 saturated carbocycles. The maximum absolute atomic E-state index is 13.6. The first-order chi connectivity index (χ1) is 9.45. The third-order valence-corrected chi connectivity index (χ3v) is 2.67. The Bertz CT molecular complexity index is 683. The van der Waals surface area contributed by atoms with Crippen LogP contribution in [0.25, 0.3) is 0 Å². The van der Waals surface area contributed by atoms with Gasteiger partial charge in [0, 0.05) is 12.7 Å². The van der Waals surface area contributed by atoms with Crippen molar-refractivity contribution >= 4 is 11.4 Å². The lowest BCUT2D eigenvalue weighted by Crippen LogP contribution is -2.16. The number of anilines is 2. The number of hydrogen-bond donors (Lipinski definition) is 0. The summed E-state index contributed by atoms with van der Waals surface area (Å²) in [5.74, 6) is -6.67. The van der Waals surface area contributed by atoms with Gasteiger partial charge in [-0.2, -0.15) is 27.8 Å². The molecule has 1 aromatic heterocycles. The summed E-state index contributed by atoms with van der Waals surface area (Å²) in [7, 11) is 1.22. The van der Waals surface area contributed by atoms with Crippen LogP contribution in [0.3, 0.4) is 0 Å². The van der Waals surface area contributed by atoms with Crippen LogP contribution in [0.2, 0.25) is 0 Å². The van der Waals surface area contributed by atoms with Gasteiger partial charge in [0.25, 0.3) is 11.9 Å². The molecule has 20 heavy (non-hydrogen) atoms. The van der Waals surface area contributed by atoms with Crippen LogP contribution in [0, 0.1) is 34.9 Å². The fourth-order valence-corrected chi connectivity index (χ4v) is 1.68. The maximum atomic E-state index is 13.6. The molecular weight excluding hydrogens is 274 g/mol. The molecule has 0 radical (unpaired) electrons. The quantitative estimate of drug-likeness (QED) is 0.626. The van der Waals surface area contributed by atoms with Gasteiger partial charge in [0.2, 0.25) is 11.6 Å². The third kappa shape index (κ3) is 2.28. The normalized spacial score (nSPS) is 10.2. The van der Waals surface area contributed by atoms with Crippen LogP contribution in [0.15, 0.2) is 24.3 Å². The zero-order valence-electron chi connectivity index (χ0n) is 10.2. The Morgan fingerprint density at radius 2 is 1.70 bits per heavy atom. The van der Waals surface area contributed by atoms with Crippen LogP contribution in [-0.2, 0) is 0 Å². The van der Waals surface area contributed by atoms with Gasteiger partial charge in [-0.15, -0.1) is 0 Å². The van der Waals surface area contributed by atoms with E-state index in [0.717, 1.165) is 4.90 Å². The molecule has 0 atom stereocenters. The molecule has 0 aliphatic carbocycles. The summed E-state index contributed by atoms with van der Waals surface area (Å²) in [6.45, 7) is 0. The molecule has 0 saturated heterocycles. The summed E-state index contributed by atoms with van der Waals surface area (Å²) in [5, 5.41) is 8.77. The molecular formula is C13H7F4N3. The molecule has 2 aromatic rings. The van der Waals surface area contributed by atoms with E-state index in [4.69, 9.17) is 5.26 Å². The van der Waals surface area contributed by atoms with Crippen LogP contribution < -0.4 is 4.90 Å². The zero-order valence-corrected chi connectivity index (χ0v) is 10.2. The minimum Gasteiger partial charge on any atom is -0.340 e. The van der Waals surface area contributed by atoms with E-state index in [1.54, 1.807) is 0 Å². The third-order valence-electron chi connectivity index (χ3n) is 2.67. The number of pyridine rings is 1. The van der Waals surface area contributed by atoms with Gasteiger partial charge in [0.05, 0.1) is 11.6 Å². The minimum atomic E-state index is -1.73. The number of nitriles is 1. The summed E-state index contributed by atoms with van der Waals surface area (Å²) in [6.07, 6.45) is 0. The Hall–Kier alpha value is -2.62. The van der Waals surface area contributed by atoms with Gasteiger partial charge >= 0.3 is 0 Å². The standard InChI is InChI=1S/C13H7F4N3/c1-20(8-4-2-3-7(5-8)6-18)11-9(14)12(16)19-13(17)10(11)15/h2-5H,1H3.